The molecule has 0 aromatic carbocycles. The number of esters is 1. The van der Waals surface area contributed by atoms with Gasteiger partial charge in [0.1, 0.15) is 0 Å². The van der Waals surface area contributed by atoms with Crippen LogP contribution in [-0.4, -0.2) is 27.0 Å². The average Bonchev–Trinajstić information content (AvgIpc) is 2.51. The summed E-state index contributed by atoms with van der Waals surface area (Å²) in [6, 6.07) is 0. The van der Waals surface area contributed by atoms with E-state index in [0.717, 1.165) is 19.3 Å². The molecular weight excluding hydrogens is 316 g/mol. The number of fused-ring (bicyclic) bond motifs is 2. The van der Waals surface area contributed by atoms with Gasteiger partial charge in [0.15, 0.2) is 0 Å². The van der Waals surface area contributed by atoms with Crippen molar-refractivity contribution in [1.29, 1.82) is 0 Å². The van der Waals surface area contributed by atoms with Crippen LogP contribution in [0.15, 0.2) is 11.6 Å². The Balaban J connectivity index is 2.51. The molecule has 0 aromatic heterocycles. The molecule has 138 valence electrons. The van der Waals surface area contributed by atoms with Gasteiger partial charge in [-0.15, -0.1) is 0 Å². The molecular formula is C20H36O3Si. The fourth-order valence-electron chi connectivity index (χ4n) is 5.54. The molecule has 0 spiro atoms. The van der Waals surface area contributed by atoms with Crippen molar-refractivity contribution < 1.29 is 14.0 Å². The highest BCUT2D eigenvalue weighted by molar-refractivity contribution is 6.77. The minimum atomic E-state index is -2.07. The first-order valence-electron chi connectivity index (χ1n) is 9.58. The smallest absolute Gasteiger partial charge is 0.311 e. The van der Waals surface area contributed by atoms with E-state index in [4.69, 9.17) is 9.16 Å². The van der Waals surface area contributed by atoms with Crippen molar-refractivity contribution in [3.05, 3.63) is 11.6 Å². The van der Waals surface area contributed by atoms with Crippen LogP contribution in [0.1, 0.15) is 67.7 Å². The Morgan fingerprint density at radius 3 is 2.12 bits per heavy atom. The van der Waals surface area contributed by atoms with Gasteiger partial charge in [-0.3, -0.25) is 4.79 Å². The molecule has 0 heterocycles. The lowest BCUT2D eigenvalue weighted by Crippen LogP contribution is -2.60. The summed E-state index contributed by atoms with van der Waals surface area (Å²) >= 11 is 0. The van der Waals surface area contributed by atoms with Gasteiger partial charge < -0.3 is 9.16 Å². The normalized spacial score (nSPS) is 30.2. The summed E-state index contributed by atoms with van der Waals surface area (Å²) in [5.41, 5.74) is 2.49. The SMILES string of the molecule is COC(=O)[C@@H]1C[C@H]2CC[C@]1(O[Si](C(C)C)(C(C)C)C(C)C)C=C2C. The van der Waals surface area contributed by atoms with Gasteiger partial charge in [-0.2, -0.15) is 0 Å². The van der Waals surface area contributed by atoms with Gasteiger partial charge >= 0.3 is 5.97 Å². The van der Waals surface area contributed by atoms with Gasteiger partial charge in [0.2, 0.25) is 8.32 Å². The van der Waals surface area contributed by atoms with E-state index in [9.17, 15) is 4.79 Å². The maximum atomic E-state index is 12.5. The van der Waals surface area contributed by atoms with Gasteiger partial charge in [0.05, 0.1) is 18.6 Å². The highest BCUT2D eigenvalue weighted by Gasteiger charge is 2.57. The molecule has 1 fully saturated rings. The third kappa shape index (κ3) is 3.01. The second-order valence-corrected chi connectivity index (χ2v) is 14.2. The van der Waals surface area contributed by atoms with Crippen LogP contribution < -0.4 is 0 Å². The Morgan fingerprint density at radius 2 is 1.71 bits per heavy atom. The van der Waals surface area contributed by atoms with Crippen molar-refractivity contribution >= 4 is 14.3 Å². The van der Waals surface area contributed by atoms with Crippen LogP contribution in [0, 0.1) is 11.8 Å². The molecule has 0 amide bonds. The minimum absolute atomic E-state index is 0.0948. The predicted octanol–water partition coefficient (Wildman–Crippen LogP) is 5.47. The standard InChI is InChI=1S/C20H36O3Si/c1-13(2)24(14(3)4,15(5)6)23-20-10-9-17(16(7)12-20)11-18(20)19(21)22-8/h12-15,17-18H,9-11H2,1-8H3/t17-,18+,20+/m1/s1. The van der Waals surface area contributed by atoms with Gasteiger partial charge in [-0.25, -0.2) is 0 Å². The quantitative estimate of drug-likeness (QED) is 0.361. The number of carbonyl (C=O) groups excluding carboxylic acids is 1. The van der Waals surface area contributed by atoms with Gasteiger partial charge in [-0.05, 0) is 48.7 Å². The fourth-order valence-corrected chi connectivity index (χ4v) is 11.2. The van der Waals surface area contributed by atoms with Crippen LogP contribution in [0.2, 0.25) is 16.6 Å². The summed E-state index contributed by atoms with van der Waals surface area (Å²) in [7, 11) is -0.559. The number of hydrogen-bond acceptors (Lipinski definition) is 3. The van der Waals surface area contributed by atoms with Crippen LogP contribution in [-0.2, 0) is 14.0 Å². The monoisotopic (exact) mass is 352 g/mol. The van der Waals surface area contributed by atoms with Gasteiger partial charge in [0, 0.05) is 0 Å². The number of rotatable bonds is 6. The summed E-state index contributed by atoms with van der Waals surface area (Å²) in [6.45, 7) is 16.0. The minimum Gasteiger partial charge on any atom is -0.469 e. The molecule has 24 heavy (non-hydrogen) atoms. The van der Waals surface area contributed by atoms with Crippen LogP contribution in [0.4, 0.5) is 0 Å². The average molecular weight is 353 g/mol. The second-order valence-electron chi connectivity index (χ2n) is 8.81. The highest BCUT2D eigenvalue weighted by Crippen LogP contribution is 2.54. The van der Waals surface area contributed by atoms with E-state index in [2.05, 4.69) is 54.5 Å². The summed E-state index contributed by atoms with van der Waals surface area (Å²) in [5.74, 6) is 0.281. The zero-order chi connectivity index (χ0) is 18.3. The maximum absolute atomic E-state index is 12.5. The predicted molar refractivity (Wildman–Crippen MR) is 101 cm³/mol. The van der Waals surface area contributed by atoms with E-state index in [1.54, 1.807) is 0 Å². The zero-order valence-corrected chi connectivity index (χ0v) is 17.8. The molecule has 1 saturated carbocycles. The lowest BCUT2D eigenvalue weighted by molar-refractivity contribution is -0.157. The fraction of sp³-hybridized carbons (Fsp3) is 0.850. The molecule has 0 unspecified atom stereocenters. The van der Waals surface area contributed by atoms with E-state index < -0.39 is 13.9 Å². The van der Waals surface area contributed by atoms with Gasteiger partial charge in [-0.1, -0.05) is 53.2 Å². The van der Waals surface area contributed by atoms with E-state index >= 15 is 0 Å². The molecule has 3 rings (SSSR count). The molecule has 3 nitrogen and oxygen atoms in total. The molecule has 0 aromatic rings. The molecule has 3 aliphatic carbocycles. The number of hydrogen-bond donors (Lipinski definition) is 0. The molecule has 3 atom stereocenters. The Morgan fingerprint density at radius 1 is 1.17 bits per heavy atom. The van der Waals surface area contributed by atoms with Crippen molar-refractivity contribution in [3.8, 4) is 0 Å². The second kappa shape index (κ2) is 6.95. The molecule has 4 heteroatoms. The van der Waals surface area contributed by atoms with Crippen LogP contribution in [0.5, 0.6) is 0 Å². The van der Waals surface area contributed by atoms with Crippen molar-refractivity contribution in [2.45, 2.75) is 90.0 Å². The van der Waals surface area contributed by atoms with Crippen LogP contribution in [0.25, 0.3) is 0 Å². The summed E-state index contributed by atoms with van der Waals surface area (Å²) in [6.07, 6.45) is 5.26. The molecule has 0 N–H and O–H groups in total. The Kier molecular flexibility index (Phi) is 5.71. The Hall–Kier alpha value is -0.613. The third-order valence-electron chi connectivity index (χ3n) is 6.67. The number of methoxy groups -OCH3 is 1. The first kappa shape index (κ1) is 19.7. The highest BCUT2D eigenvalue weighted by atomic mass is 28.4. The lowest BCUT2D eigenvalue weighted by Gasteiger charge is -2.55. The van der Waals surface area contributed by atoms with Crippen LogP contribution >= 0.6 is 0 Å². The summed E-state index contributed by atoms with van der Waals surface area (Å²) < 4.78 is 12.4. The Labute approximate surface area is 149 Å². The summed E-state index contributed by atoms with van der Waals surface area (Å²) in [4.78, 5) is 12.5. The third-order valence-corrected chi connectivity index (χ3v) is 12.8. The van der Waals surface area contributed by atoms with E-state index in [1.165, 1.54) is 12.7 Å². The number of carbonyl (C=O) groups is 1. The maximum Gasteiger partial charge on any atom is 0.311 e. The molecule has 0 radical (unpaired) electrons. The van der Waals surface area contributed by atoms with E-state index in [-0.39, 0.29) is 11.9 Å². The van der Waals surface area contributed by atoms with Gasteiger partial charge in [0.25, 0.3) is 0 Å². The van der Waals surface area contributed by atoms with Crippen molar-refractivity contribution in [1.82, 2.24) is 0 Å². The Bertz CT molecular complexity index is 487. The topological polar surface area (TPSA) is 35.5 Å². The van der Waals surface area contributed by atoms with E-state index in [0.29, 0.717) is 22.5 Å². The molecule has 3 aliphatic rings. The molecule has 0 aliphatic heterocycles. The van der Waals surface area contributed by atoms with Crippen molar-refractivity contribution in [2.75, 3.05) is 7.11 Å². The summed E-state index contributed by atoms with van der Waals surface area (Å²) in [5, 5.41) is 0. The number of ether oxygens (including phenoxy) is 1. The lowest BCUT2D eigenvalue weighted by atomic mass is 9.63. The van der Waals surface area contributed by atoms with Crippen LogP contribution in [0.3, 0.4) is 0 Å². The van der Waals surface area contributed by atoms with Crippen molar-refractivity contribution in [3.63, 3.8) is 0 Å². The largest absolute Gasteiger partial charge is 0.469 e. The molecule has 2 bridgehead atoms. The zero-order valence-electron chi connectivity index (χ0n) is 16.8. The first-order chi connectivity index (χ1) is 11.1. The first-order valence-corrected chi connectivity index (χ1v) is 11.7. The van der Waals surface area contributed by atoms with E-state index in [1.807, 2.05) is 0 Å². The molecule has 0 saturated heterocycles. The van der Waals surface area contributed by atoms with Crippen molar-refractivity contribution in [2.24, 2.45) is 11.8 Å². The number of allylic oxidation sites excluding steroid dienone is 1.